The highest BCUT2D eigenvalue weighted by molar-refractivity contribution is 9.10. The van der Waals surface area contributed by atoms with Crippen LogP contribution in [0.15, 0.2) is 46.9 Å². The van der Waals surface area contributed by atoms with Crippen LogP contribution >= 0.6 is 27.5 Å². The summed E-state index contributed by atoms with van der Waals surface area (Å²) in [5, 5.41) is 10.6. The maximum absolute atomic E-state index is 9.99. The lowest BCUT2D eigenvalue weighted by Gasteiger charge is -2.15. The van der Waals surface area contributed by atoms with Crippen molar-refractivity contribution in [3.05, 3.63) is 63.1 Å². The summed E-state index contributed by atoms with van der Waals surface area (Å²) in [4.78, 5) is 0. The van der Waals surface area contributed by atoms with Crippen LogP contribution in [0.2, 0.25) is 5.02 Å². The van der Waals surface area contributed by atoms with Gasteiger partial charge in [0.1, 0.15) is 12.4 Å². The van der Waals surface area contributed by atoms with Crippen molar-refractivity contribution in [3.8, 4) is 5.75 Å². The molecule has 0 spiro atoms. The first-order valence-corrected chi connectivity index (χ1v) is 7.62. The zero-order valence-corrected chi connectivity index (χ0v) is 13.5. The highest BCUT2D eigenvalue weighted by Crippen LogP contribution is 2.29. The molecule has 0 aliphatic rings. The first-order chi connectivity index (χ1) is 9.61. The molecule has 0 fully saturated rings. The van der Waals surface area contributed by atoms with Crippen LogP contribution in [0.25, 0.3) is 0 Å². The lowest BCUT2D eigenvalue weighted by Crippen LogP contribution is -2.02. The van der Waals surface area contributed by atoms with Crippen molar-refractivity contribution in [3.63, 3.8) is 0 Å². The Morgan fingerprint density at radius 2 is 2.00 bits per heavy atom. The van der Waals surface area contributed by atoms with Crippen molar-refractivity contribution >= 4 is 27.5 Å². The molecular weight excluding hydrogens is 340 g/mol. The lowest BCUT2D eigenvalue weighted by molar-refractivity contribution is 0.166. The molecule has 0 aliphatic carbocycles. The standard InChI is InChI=1S/C16H16BrClO2/c1-2-15(19)13-5-3-4-6-16(13)20-10-11-7-8-12(17)9-14(11)18/h3-9,15,19H,2,10H2,1H3. The Morgan fingerprint density at radius 1 is 1.25 bits per heavy atom. The Balaban J connectivity index is 2.15. The molecule has 2 nitrogen and oxygen atoms in total. The van der Waals surface area contributed by atoms with Crippen molar-refractivity contribution in [2.24, 2.45) is 0 Å². The lowest BCUT2D eigenvalue weighted by atomic mass is 10.1. The molecule has 2 aromatic rings. The SMILES string of the molecule is CCC(O)c1ccccc1OCc1ccc(Br)cc1Cl. The second-order valence-corrected chi connectivity index (χ2v) is 5.81. The van der Waals surface area contributed by atoms with E-state index in [0.29, 0.717) is 23.8 Å². The van der Waals surface area contributed by atoms with Crippen LogP contribution in [0.4, 0.5) is 0 Å². The average Bonchev–Trinajstić information content (AvgIpc) is 2.46. The van der Waals surface area contributed by atoms with Crippen LogP contribution in [0.1, 0.15) is 30.6 Å². The molecule has 4 heteroatoms. The molecule has 2 rings (SSSR count). The molecule has 0 amide bonds. The summed E-state index contributed by atoms with van der Waals surface area (Å²) in [5.74, 6) is 0.695. The molecule has 2 aromatic carbocycles. The molecule has 0 aromatic heterocycles. The number of para-hydroxylation sites is 1. The van der Waals surface area contributed by atoms with Gasteiger partial charge in [-0.25, -0.2) is 0 Å². The van der Waals surface area contributed by atoms with E-state index in [0.717, 1.165) is 15.6 Å². The zero-order valence-electron chi connectivity index (χ0n) is 11.1. The van der Waals surface area contributed by atoms with E-state index >= 15 is 0 Å². The second kappa shape index (κ2) is 7.11. The third-order valence-electron chi connectivity index (χ3n) is 3.06. The highest BCUT2D eigenvalue weighted by atomic mass is 79.9. The molecule has 1 unspecified atom stereocenters. The zero-order chi connectivity index (χ0) is 14.5. The van der Waals surface area contributed by atoms with Gasteiger partial charge < -0.3 is 9.84 Å². The van der Waals surface area contributed by atoms with Gasteiger partial charge in [-0.1, -0.05) is 58.7 Å². The Morgan fingerprint density at radius 3 is 2.70 bits per heavy atom. The van der Waals surface area contributed by atoms with Crippen LogP contribution in [-0.2, 0) is 6.61 Å². The predicted molar refractivity (Wildman–Crippen MR) is 85.2 cm³/mol. The number of hydrogen-bond acceptors (Lipinski definition) is 2. The molecule has 1 N–H and O–H groups in total. The van der Waals surface area contributed by atoms with Crippen LogP contribution in [0.3, 0.4) is 0 Å². The van der Waals surface area contributed by atoms with Gasteiger partial charge in [-0.15, -0.1) is 0 Å². The van der Waals surface area contributed by atoms with E-state index in [-0.39, 0.29) is 0 Å². The van der Waals surface area contributed by atoms with Crippen molar-refractivity contribution < 1.29 is 9.84 Å². The first kappa shape index (κ1) is 15.4. The molecule has 20 heavy (non-hydrogen) atoms. The summed E-state index contributed by atoms with van der Waals surface area (Å²) in [7, 11) is 0. The van der Waals surface area contributed by atoms with Crippen LogP contribution in [0, 0.1) is 0 Å². The maximum Gasteiger partial charge on any atom is 0.125 e. The molecular formula is C16H16BrClO2. The Kier molecular flexibility index (Phi) is 5.46. The summed E-state index contributed by atoms with van der Waals surface area (Å²) < 4.78 is 6.75. The van der Waals surface area contributed by atoms with Crippen molar-refractivity contribution in [2.75, 3.05) is 0 Å². The molecule has 0 radical (unpaired) electrons. The average molecular weight is 356 g/mol. The van der Waals surface area contributed by atoms with Gasteiger partial charge in [-0.3, -0.25) is 0 Å². The predicted octanol–water partition coefficient (Wildman–Crippen LogP) is 5.12. The van der Waals surface area contributed by atoms with Gasteiger partial charge in [0.2, 0.25) is 0 Å². The molecule has 106 valence electrons. The fourth-order valence-electron chi connectivity index (χ4n) is 1.90. The third-order valence-corrected chi connectivity index (χ3v) is 3.91. The minimum absolute atomic E-state index is 0.375. The number of ether oxygens (including phenoxy) is 1. The summed E-state index contributed by atoms with van der Waals surface area (Å²) in [6.07, 6.45) is 0.144. The number of aliphatic hydroxyl groups excluding tert-OH is 1. The number of rotatable bonds is 5. The summed E-state index contributed by atoms with van der Waals surface area (Å²) in [5.41, 5.74) is 1.72. The fourth-order valence-corrected chi connectivity index (χ4v) is 2.63. The van der Waals surface area contributed by atoms with Crippen LogP contribution in [0.5, 0.6) is 5.75 Å². The number of halogens is 2. The molecule has 0 saturated heterocycles. The number of hydrogen-bond donors (Lipinski definition) is 1. The van der Waals surface area contributed by atoms with E-state index < -0.39 is 6.10 Å². The minimum Gasteiger partial charge on any atom is -0.488 e. The highest BCUT2D eigenvalue weighted by Gasteiger charge is 2.11. The Hall–Kier alpha value is -1.03. The van der Waals surface area contributed by atoms with Crippen molar-refractivity contribution in [1.82, 2.24) is 0 Å². The normalized spacial score (nSPS) is 12.2. The van der Waals surface area contributed by atoms with Gasteiger partial charge in [-0.05, 0) is 24.6 Å². The molecule has 0 aliphatic heterocycles. The Bertz CT molecular complexity index is 586. The van der Waals surface area contributed by atoms with Gasteiger partial charge >= 0.3 is 0 Å². The molecule has 0 heterocycles. The fraction of sp³-hybridized carbons (Fsp3) is 0.250. The smallest absolute Gasteiger partial charge is 0.125 e. The van der Waals surface area contributed by atoms with Crippen LogP contribution in [-0.4, -0.2) is 5.11 Å². The topological polar surface area (TPSA) is 29.5 Å². The van der Waals surface area contributed by atoms with Gasteiger partial charge in [0.25, 0.3) is 0 Å². The maximum atomic E-state index is 9.99. The van der Waals surface area contributed by atoms with E-state index in [9.17, 15) is 5.11 Å². The largest absolute Gasteiger partial charge is 0.488 e. The minimum atomic E-state index is -0.508. The monoisotopic (exact) mass is 354 g/mol. The molecule has 0 saturated carbocycles. The number of aliphatic hydroxyl groups is 1. The Labute approximate surface area is 132 Å². The van der Waals surface area contributed by atoms with Crippen molar-refractivity contribution in [1.29, 1.82) is 0 Å². The van der Waals surface area contributed by atoms with Gasteiger partial charge in [0.15, 0.2) is 0 Å². The number of benzene rings is 2. The van der Waals surface area contributed by atoms with E-state index in [1.54, 1.807) is 0 Å². The van der Waals surface area contributed by atoms with E-state index in [2.05, 4.69) is 15.9 Å². The van der Waals surface area contributed by atoms with Crippen molar-refractivity contribution in [2.45, 2.75) is 26.1 Å². The van der Waals surface area contributed by atoms with Gasteiger partial charge in [0, 0.05) is 20.6 Å². The molecule has 0 bridgehead atoms. The summed E-state index contributed by atoms with van der Waals surface area (Å²) in [6, 6.07) is 13.2. The first-order valence-electron chi connectivity index (χ1n) is 6.45. The van der Waals surface area contributed by atoms with Gasteiger partial charge in [-0.2, -0.15) is 0 Å². The van der Waals surface area contributed by atoms with E-state index in [1.165, 1.54) is 0 Å². The summed E-state index contributed by atoms with van der Waals surface area (Å²) in [6.45, 7) is 2.31. The summed E-state index contributed by atoms with van der Waals surface area (Å²) >= 11 is 9.54. The third kappa shape index (κ3) is 3.75. The van der Waals surface area contributed by atoms with Crippen LogP contribution < -0.4 is 4.74 Å². The quantitative estimate of drug-likeness (QED) is 0.806. The van der Waals surface area contributed by atoms with E-state index in [4.69, 9.17) is 16.3 Å². The van der Waals surface area contributed by atoms with Gasteiger partial charge in [0.05, 0.1) is 6.10 Å². The molecule has 1 atom stereocenters. The van der Waals surface area contributed by atoms with E-state index in [1.807, 2.05) is 49.4 Å². The second-order valence-electron chi connectivity index (χ2n) is 4.49.